The summed E-state index contributed by atoms with van der Waals surface area (Å²) in [6.07, 6.45) is 1.69. The highest BCUT2D eigenvalue weighted by Crippen LogP contribution is 2.28. The molecule has 5 nitrogen and oxygen atoms in total. The summed E-state index contributed by atoms with van der Waals surface area (Å²) in [5, 5.41) is 6.33. The van der Waals surface area contributed by atoms with Crippen molar-refractivity contribution in [2.75, 3.05) is 40.0 Å². The molecule has 0 aromatic rings. The van der Waals surface area contributed by atoms with Crippen LogP contribution in [0, 0.1) is 5.41 Å². The Hall–Kier alpha value is -0.650. The minimum Gasteiger partial charge on any atom is -0.384 e. The van der Waals surface area contributed by atoms with Crippen LogP contribution < -0.4 is 10.6 Å². The van der Waals surface area contributed by atoms with Crippen LogP contribution in [-0.2, 0) is 14.3 Å². The van der Waals surface area contributed by atoms with Gasteiger partial charge in [0.1, 0.15) is 6.10 Å². The molecule has 106 valence electrons. The van der Waals surface area contributed by atoms with Crippen molar-refractivity contribution in [2.45, 2.75) is 32.8 Å². The average Bonchev–Trinajstić information content (AvgIpc) is 2.38. The molecule has 0 aromatic carbocycles. The van der Waals surface area contributed by atoms with Crippen molar-refractivity contribution in [1.82, 2.24) is 10.6 Å². The second-order valence-corrected chi connectivity index (χ2v) is 5.00. The number of carbonyl (C=O) groups excluding carboxylic acids is 1. The van der Waals surface area contributed by atoms with Gasteiger partial charge in [0.15, 0.2) is 0 Å². The SMILES string of the molecule is CCOC(C)C(=O)NCC1(COC)CCNCC1. The molecule has 1 heterocycles. The van der Waals surface area contributed by atoms with Crippen LogP contribution in [0.2, 0.25) is 0 Å². The zero-order valence-electron chi connectivity index (χ0n) is 11.8. The van der Waals surface area contributed by atoms with Crippen LogP contribution in [0.1, 0.15) is 26.7 Å². The Balaban J connectivity index is 2.44. The zero-order chi connectivity index (χ0) is 13.4. The molecule has 1 fully saturated rings. The second kappa shape index (κ2) is 7.71. The van der Waals surface area contributed by atoms with E-state index in [1.54, 1.807) is 14.0 Å². The van der Waals surface area contributed by atoms with Crippen molar-refractivity contribution in [3.05, 3.63) is 0 Å². The molecule has 1 unspecified atom stereocenters. The summed E-state index contributed by atoms with van der Waals surface area (Å²) in [4.78, 5) is 11.8. The smallest absolute Gasteiger partial charge is 0.248 e. The van der Waals surface area contributed by atoms with Gasteiger partial charge in [-0.1, -0.05) is 0 Å². The number of hydrogen-bond donors (Lipinski definition) is 2. The van der Waals surface area contributed by atoms with Crippen LogP contribution >= 0.6 is 0 Å². The van der Waals surface area contributed by atoms with Crippen LogP contribution in [0.4, 0.5) is 0 Å². The second-order valence-electron chi connectivity index (χ2n) is 5.00. The van der Waals surface area contributed by atoms with Crippen LogP contribution in [0.5, 0.6) is 0 Å². The summed E-state index contributed by atoms with van der Waals surface area (Å²) < 4.78 is 10.6. The molecule has 1 rings (SSSR count). The lowest BCUT2D eigenvalue weighted by molar-refractivity contribution is -0.132. The molecule has 0 radical (unpaired) electrons. The number of nitrogens with one attached hydrogen (secondary N) is 2. The van der Waals surface area contributed by atoms with Crippen molar-refractivity contribution < 1.29 is 14.3 Å². The molecule has 1 saturated heterocycles. The summed E-state index contributed by atoms with van der Waals surface area (Å²) >= 11 is 0. The molecule has 1 aliphatic heterocycles. The van der Waals surface area contributed by atoms with Gasteiger partial charge in [0.25, 0.3) is 0 Å². The molecule has 1 amide bonds. The average molecular weight is 258 g/mol. The van der Waals surface area contributed by atoms with Gasteiger partial charge in [0, 0.05) is 25.7 Å². The van der Waals surface area contributed by atoms with Crippen LogP contribution in [-0.4, -0.2) is 52.0 Å². The predicted octanol–water partition coefficient (Wildman–Crippen LogP) is 0.544. The molecule has 0 spiro atoms. The number of hydrogen-bond acceptors (Lipinski definition) is 4. The van der Waals surface area contributed by atoms with Crippen molar-refractivity contribution in [1.29, 1.82) is 0 Å². The Labute approximate surface area is 110 Å². The number of piperidine rings is 1. The molecular formula is C13H26N2O3. The van der Waals surface area contributed by atoms with Crippen LogP contribution in [0.3, 0.4) is 0 Å². The molecule has 0 aliphatic carbocycles. The maximum atomic E-state index is 11.8. The molecule has 1 atom stereocenters. The lowest BCUT2D eigenvalue weighted by Crippen LogP contribution is -2.48. The highest BCUT2D eigenvalue weighted by molar-refractivity contribution is 5.80. The lowest BCUT2D eigenvalue weighted by Gasteiger charge is -2.37. The van der Waals surface area contributed by atoms with E-state index in [0.717, 1.165) is 25.9 Å². The van der Waals surface area contributed by atoms with E-state index in [-0.39, 0.29) is 17.4 Å². The topological polar surface area (TPSA) is 59.6 Å². The van der Waals surface area contributed by atoms with Gasteiger partial charge in [-0.15, -0.1) is 0 Å². The number of ether oxygens (including phenoxy) is 2. The molecular weight excluding hydrogens is 232 g/mol. The molecule has 1 aliphatic rings. The zero-order valence-corrected chi connectivity index (χ0v) is 11.8. The number of carbonyl (C=O) groups is 1. The van der Waals surface area contributed by atoms with E-state index >= 15 is 0 Å². The minimum absolute atomic E-state index is 0.0362. The first kappa shape index (κ1) is 15.4. The summed E-state index contributed by atoms with van der Waals surface area (Å²) in [5.41, 5.74) is 0.0710. The van der Waals surface area contributed by atoms with E-state index in [2.05, 4.69) is 10.6 Å². The lowest BCUT2D eigenvalue weighted by atomic mass is 9.79. The Morgan fingerprint density at radius 2 is 2.11 bits per heavy atom. The molecule has 18 heavy (non-hydrogen) atoms. The van der Waals surface area contributed by atoms with E-state index in [0.29, 0.717) is 19.8 Å². The maximum Gasteiger partial charge on any atom is 0.248 e. The molecule has 5 heteroatoms. The number of methoxy groups -OCH3 is 1. The van der Waals surface area contributed by atoms with Gasteiger partial charge in [-0.25, -0.2) is 0 Å². The first-order valence-corrected chi connectivity index (χ1v) is 6.72. The summed E-state index contributed by atoms with van der Waals surface area (Å²) in [5.74, 6) is -0.0362. The monoisotopic (exact) mass is 258 g/mol. The third-order valence-electron chi connectivity index (χ3n) is 3.54. The number of amides is 1. The van der Waals surface area contributed by atoms with Crippen molar-refractivity contribution >= 4 is 5.91 Å². The maximum absolute atomic E-state index is 11.8. The van der Waals surface area contributed by atoms with Gasteiger partial charge in [0.05, 0.1) is 6.61 Å². The summed E-state index contributed by atoms with van der Waals surface area (Å²) in [6, 6.07) is 0. The standard InChI is InChI=1S/C13H26N2O3/c1-4-18-11(2)12(16)15-9-13(10-17-3)5-7-14-8-6-13/h11,14H,4-10H2,1-3H3,(H,15,16). The van der Waals surface area contributed by atoms with Crippen molar-refractivity contribution in [3.63, 3.8) is 0 Å². The Bertz CT molecular complexity index is 247. The third-order valence-corrected chi connectivity index (χ3v) is 3.54. The van der Waals surface area contributed by atoms with Crippen LogP contribution in [0.25, 0.3) is 0 Å². The van der Waals surface area contributed by atoms with E-state index in [4.69, 9.17) is 9.47 Å². The summed E-state index contributed by atoms with van der Waals surface area (Å²) in [7, 11) is 1.72. The largest absolute Gasteiger partial charge is 0.384 e. The van der Waals surface area contributed by atoms with E-state index in [9.17, 15) is 4.79 Å². The normalized spacial score (nSPS) is 20.4. The van der Waals surface area contributed by atoms with Gasteiger partial charge in [-0.3, -0.25) is 4.79 Å². The first-order valence-electron chi connectivity index (χ1n) is 6.72. The quantitative estimate of drug-likeness (QED) is 0.700. The Morgan fingerprint density at radius 1 is 1.44 bits per heavy atom. The summed E-state index contributed by atoms with van der Waals surface area (Å²) in [6.45, 7) is 7.56. The van der Waals surface area contributed by atoms with Crippen LogP contribution in [0.15, 0.2) is 0 Å². The highest BCUT2D eigenvalue weighted by atomic mass is 16.5. The third kappa shape index (κ3) is 4.55. The van der Waals surface area contributed by atoms with Gasteiger partial charge in [0.2, 0.25) is 5.91 Å². The van der Waals surface area contributed by atoms with E-state index in [1.165, 1.54) is 0 Å². The van der Waals surface area contributed by atoms with Crippen molar-refractivity contribution in [3.8, 4) is 0 Å². The van der Waals surface area contributed by atoms with E-state index < -0.39 is 0 Å². The highest BCUT2D eigenvalue weighted by Gasteiger charge is 2.32. The van der Waals surface area contributed by atoms with E-state index in [1.807, 2.05) is 6.92 Å². The number of rotatable bonds is 7. The Kier molecular flexibility index (Phi) is 6.60. The minimum atomic E-state index is -0.378. The molecule has 0 saturated carbocycles. The van der Waals surface area contributed by atoms with Gasteiger partial charge >= 0.3 is 0 Å². The molecule has 0 bridgehead atoms. The van der Waals surface area contributed by atoms with Gasteiger partial charge in [-0.05, 0) is 39.8 Å². The fourth-order valence-corrected chi connectivity index (χ4v) is 2.38. The van der Waals surface area contributed by atoms with Gasteiger partial charge in [-0.2, -0.15) is 0 Å². The Morgan fingerprint density at radius 3 is 2.67 bits per heavy atom. The van der Waals surface area contributed by atoms with Gasteiger partial charge < -0.3 is 20.1 Å². The predicted molar refractivity (Wildman–Crippen MR) is 70.5 cm³/mol. The first-order chi connectivity index (χ1) is 8.63. The van der Waals surface area contributed by atoms with Crippen molar-refractivity contribution in [2.24, 2.45) is 5.41 Å². The molecule has 0 aromatic heterocycles. The molecule has 2 N–H and O–H groups in total. The fourth-order valence-electron chi connectivity index (χ4n) is 2.38. The fraction of sp³-hybridized carbons (Fsp3) is 0.923.